The van der Waals surface area contributed by atoms with Crippen LogP contribution in [0.2, 0.25) is 0 Å². The van der Waals surface area contributed by atoms with Crippen LogP contribution in [0.4, 0.5) is 0 Å². The lowest BCUT2D eigenvalue weighted by atomic mass is 10.2. The van der Waals surface area contributed by atoms with Crippen LogP contribution in [0.15, 0.2) is 41.4 Å². The van der Waals surface area contributed by atoms with E-state index in [0.717, 1.165) is 4.31 Å². The van der Waals surface area contributed by atoms with Crippen molar-refractivity contribution in [2.24, 2.45) is 0 Å². The molecular weight excluding hydrogens is 292 g/mol. The van der Waals surface area contributed by atoms with Crippen LogP contribution in [-0.4, -0.2) is 41.4 Å². The van der Waals surface area contributed by atoms with Gasteiger partial charge in [-0.15, -0.1) is 0 Å². The van der Waals surface area contributed by atoms with Gasteiger partial charge in [0.25, 0.3) is 0 Å². The number of fused-ring (bicyclic) bond motifs is 1. The second-order valence-corrected chi connectivity index (χ2v) is 6.86. The van der Waals surface area contributed by atoms with Crippen molar-refractivity contribution in [1.82, 2.24) is 9.29 Å². The maximum absolute atomic E-state index is 12.6. The number of benzene rings is 1. The van der Waals surface area contributed by atoms with Crippen molar-refractivity contribution in [2.75, 3.05) is 6.54 Å². The van der Waals surface area contributed by atoms with Gasteiger partial charge in [-0.1, -0.05) is 6.07 Å². The van der Waals surface area contributed by atoms with Crippen molar-refractivity contribution in [3.63, 3.8) is 0 Å². The molecule has 1 fully saturated rings. The number of sulfonamides is 1. The molecule has 110 valence electrons. The Morgan fingerprint density at radius 3 is 2.90 bits per heavy atom. The highest BCUT2D eigenvalue weighted by atomic mass is 32.2. The van der Waals surface area contributed by atoms with Gasteiger partial charge in [0.2, 0.25) is 10.0 Å². The first-order valence-corrected chi connectivity index (χ1v) is 8.03. The molecule has 0 aliphatic carbocycles. The van der Waals surface area contributed by atoms with Crippen LogP contribution >= 0.6 is 0 Å². The van der Waals surface area contributed by atoms with Gasteiger partial charge in [-0.05, 0) is 37.1 Å². The number of aromatic nitrogens is 1. The number of carbonyl (C=O) groups is 1. The summed E-state index contributed by atoms with van der Waals surface area (Å²) < 4.78 is 26.3. The Morgan fingerprint density at radius 2 is 2.14 bits per heavy atom. The van der Waals surface area contributed by atoms with Gasteiger partial charge in [-0.25, -0.2) is 8.42 Å². The Hall–Kier alpha value is -1.99. The molecule has 2 aromatic rings. The third-order valence-electron chi connectivity index (χ3n) is 3.67. The molecule has 1 atom stereocenters. The first-order valence-electron chi connectivity index (χ1n) is 6.59. The summed E-state index contributed by atoms with van der Waals surface area (Å²) in [6.45, 7) is 0.240. The monoisotopic (exact) mass is 306 g/mol. The minimum atomic E-state index is -3.80. The zero-order valence-corrected chi connectivity index (χ0v) is 12.0. The van der Waals surface area contributed by atoms with Crippen LogP contribution in [-0.2, 0) is 14.8 Å². The molecule has 3 rings (SSSR count). The average molecular weight is 306 g/mol. The average Bonchev–Trinajstić information content (AvgIpc) is 2.97. The number of carboxylic acids is 1. The highest BCUT2D eigenvalue weighted by Crippen LogP contribution is 2.27. The minimum absolute atomic E-state index is 0.108. The summed E-state index contributed by atoms with van der Waals surface area (Å²) in [6.07, 6.45) is 2.55. The molecule has 0 unspecified atom stereocenters. The molecule has 2 heterocycles. The normalized spacial score (nSPS) is 19.9. The van der Waals surface area contributed by atoms with Gasteiger partial charge >= 0.3 is 5.97 Å². The summed E-state index contributed by atoms with van der Waals surface area (Å²) in [5, 5.41) is 9.86. The number of aliphatic carboxylic acids is 1. The molecule has 21 heavy (non-hydrogen) atoms. The van der Waals surface area contributed by atoms with Crippen LogP contribution in [0.5, 0.6) is 0 Å². The molecule has 0 radical (unpaired) electrons. The van der Waals surface area contributed by atoms with Gasteiger partial charge in [-0.3, -0.25) is 9.78 Å². The molecule has 0 amide bonds. The molecule has 1 aromatic carbocycles. The molecule has 7 heteroatoms. The maximum Gasteiger partial charge on any atom is 0.322 e. The van der Waals surface area contributed by atoms with E-state index in [0.29, 0.717) is 23.7 Å². The lowest BCUT2D eigenvalue weighted by Crippen LogP contribution is -2.40. The molecule has 6 nitrogen and oxygen atoms in total. The smallest absolute Gasteiger partial charge is 0.322 e. The summed E-state index contributed by atoms with van der Waals surface area (Å²) in [6, 6.07) is 7.18. The summed E-state index contributed by atoms with van der Waals surface area (Å²) in [4.78, 5) is 15.4. The van der Waals surface area contributed by atoms with Crippen molar-refractivity contribution in [2.45, 2.75) is 23.8 Å². The van der Waals surface area contributed by atoms with Crippen molar-refractivity contribution in [3.05, 3.63) is 36.5 Å². The summed E-state index contributed by atoms with van der Waals surface area (Å²) in [5.74, 6) is -1.10. The zero-order valence-electron chi connectivity index (χ0n) is 11.1. The molecule has 0 spiro atoms. The van der Waals surface area contributed by atoms with E-state index in [9.17, 15) is 13.2 Å². The number of hydrogen-bond donors (Lipinski definition) is 1. The van der Waals surface area contributed by atoms with E-state index >= 15 is 0 Å². The lowest BCUT2D eigenvalue weighted by molar-refractivity contribution is -0.140. The van der Waals surface area contributed by atoms with Crippen molar-refractivity contribution in [1.29, 1.82) is 0 Å². The Balaban J connectivity index is 2.05. The predicted molar refractivity (Wildman–Crippen MR) is 76.3 cm³/mol. The Labute approximate surface area is 122 Å². The third-order valence-corrected chi connectivity index (χ3v) is 5.57. The van der Waals surface area contributed by atoms with Gasteiger partial charge < -0.3 is 5.11 Å². The lowest BCUT2D eigenvalue weighted by Gasteiger charge is -2.21. The number of hydrogen-bond acceptors (Lipinski definition) is 4. The van der Waals surface area contributed by atoms with Gasteiger partial charge in [0.1, 0.15) is 6.04 Å². The van der Waals surface area contributed by atoms with E-state index in [1.54, 1.807) is 24.4 Å². The fourth-order valence-corrected chi connectivity index (χ4v) is 4.31. The van der Waals surface area contributed by atoms with Crippen molar-refractivity contribution < 1.29 is 18.3 Å². The number of rotatable bonds is 3. The van der Waals surface area contributed by atoms with Gasteiger partial charge in [0.15, 0.2) is 0 Å². The number of carboxylic acid groups (broad SMARTS) is 1. The van der Waals surface area contributed by atoms with E-state index in [1.165, 1.54) is 12.1 Å². The van der Waals surface area contributed by atoms with Crippen molar-refractivity contribution in [3.8, 4) is 0 Å². The SMILES string of the molecule is O=C(O)[C@H]1CCCN1S(=O)(=O)c1ccc2ncccc2c1. The number of nitrogens with zero attached hydrogens (tertiary/aromatic N) is 2. The van der Waals surface area contributed by atoms with Gasteiger partial charge in [0, 0.05) is 18.1 Å². The van der Waals surface area contributed by atoms with E-state index in [-0.39, 0.29) is 11.4 Å². The molecule has 1 saturated heterocycles. The highest BCUT2D eigenvalue weighted by Gasteiger charge is 2.39. The Bertz CT molecular complexity index is 803. The van der Waals surface area contributed by atoms with Crippen LogP contribution in [0, 0.1) is 0 Å². The standard InChI is InChI=1S/C14H14N2O4S/c17-14(18)13-4-2-8-16(13)21(19,20)11-5-6-12-10(9-11)3-1-7-15-12/h1,3,5-7,9,13H,2,4,8H2,(H,17,18)/t13-/m1/s1. The van der Waals surface area contributed by atoms with Crippen LogP contribution in [0.25, 0.3) is 10.9 Å². The van der Waals surface area contributed by atoms with Crippen molar-refractivity contribution >= 4 is 26.9 Å². The third kappa shape index (κ3) is 2.38. The molecule has 1 aliphatic rings. The molecule has 1 N–H and O–H groups in total. The zero-order chi connectivity index (χ0) is 15.0. The minimum Gasteiger partial charge on any atom is -0.480 e. The molecule has 1 aliphatic heterocycles. The highest BCUT2D eigenvalue weighted by molar-refractivity contribution is 7.89. The topological polar surface area (TPSA) is 87.6 Å². The number of pyridine rings is 1. The largest absolute Gasteiger partial charge is 0.480 e. The second kappa shape index (κ2) is 5.09. The fraction of sp³-hybridized carbons (Fsp3) is 0.286. The quantitative estimate of drug-likeness (QED) is 0.928. The van der Waals surface area contributed by atoms with E-state index in [4.69, 9.17) is 5.11 Å². The second-order valence-electron chi connectivity index (χ2n) is 4.97. The maximum atomic E-state index is 12.6. The summed E-state index contributed by atoms with van der Waals surface area (Å²) in [7, 11) is -3.80. The first kappa shape index (κ1) is 14.0. The van der Waals surface area contributed by atoms with Crippen LogP contribution < -0.4 is 0 Å². The van der Waals surface area contributed by atoms with Gasteiger partial charge in [-0.2, -0.15) is 4.31 Å². The molecule has 0 bridgehead atoms. The van der Waals surface area contributed by atoms with Crippen LogP contribution in [0.1, 0.15) is 12.8 Å². The van der Waals surface area contributed by atoms with Crippen LogP contribution in [0.3, 0.4) is 0 Å². The molecule has 1 aromatic heterocycles. The van der Waals surface area contributed by atoms with E-state index in [2.05, 4.69) is 4.98 Å². The van der Waals surface area contributed by atoms with E-state index < -0.39 is 22.0 Å². The Morgan fingerprint density at radius 1 is 1.33 bits per heavy atom. The Kier molecular flexibility index (Phi) is 3.38. The predicted octanol–water partition coefficient (Wildman–Crippen LogP) is 1.47. The molecule has 0 saturated carbocycles. The molecular formula is C14H14N2O4S. The van der Waals surface area contributed by atoms with E-state index in [1.807, 2.05) is 0 Å². The summed E-state index contributed by atoms with van der Waals surface area (Å²) in [5.41, 5.74) is 0.702. The van der Waals surface area contributed by atoms with Gasteiger partial charge in [0.05, 0.1) is 10.4 Å². The summed E-state index contributed by atoms with van der Waals surface area (Å²) >= 11 is 0. The fourth-order valence-electron chi connectivity index (χ4n) is 2.62. The first-order chi connectivity index (χ1) is 10.00.